The van der Waals surface area contributed by atoms with Gasteiger partial charge in [-0.2, -0.15) is 5.26 Å². The molecule has 100 valence electrons. The quantitative estimate of drug-likeness (QED) is 0.842. The van der Waals surface area contributed by atoms with Crippen LogP contribution in [0.15, 0.2) is 82.3 Å². The Morgan fingerprint density at radius 2 is 2.00 bits per heavy atom. The number of aliphatic imine (C=N–C) groups is 1. The molecule has 0 radical (unpaired) electrons. The van der Waals surface area contributed by atoms with Crippen molar-refractivity contribution in [1.29, 1.82) is 5.26 Å². The van der Waals surface area contributed by atoms with Gasteiger partial charge in [0, 0.05) is 11.8 Å². The summed E-state index contributed by atoms with van der Waals surface area (Å²) < 4.78 is 0. The molecule has 3 rings (SSSR count). The smallest absolute Gasteiger partial charge is 0.210 e. The summed E-state index contributed by atoms with van der Waals surface area (Å²) in [5.74, 6) is -0.208. The SMILES string of the molecule is N#CC1=C(C(=O)c2ccccc2)NC2=CC=CC=NC2=C1. The number of hydrogen-bond donors (Lipinski definition) is 1. The summed E-state index contributed by atoms with van der Waals surface area (Å²) in [5.41, 5.74) is 2.46. The number of fused-ring (bicyclic) bond motifs is 1. The van der Waals surface area contributed by atoms with E-state index < -0.39 is 0 Å². The molecule has 4 heteroatoms. The number of benzene rings is 1. The summed E-state index contributed by atoms with van der Waals surface area (Å²) >= 11 is 0. The first kappa shape index (κ1) is 12.8. The molecule has 4 nitrogen and oxygen atoms in total. The molecule has 0 saturated heterocycles. The van der Waals surface area contributed by atoms with Gasteiger partial charge in [-0.25, -0.2) is 0 Å². The molecule has 0 atom stereocenters. The van der Waals surface area contributed by atoms with Crippen molar-refractivity contribution in [2.75, 3.05) is 0 Å². The molecular weight excluding hydrogens is 262 g/mol. The number of allylic oxidation sites excluding steroid dienone is 6. The van der Waals surface area contributed by atoms with Crippen LogP contribution in [0, 0.1) is 11.3 Å². The van der Waals surface area contributed by atoms with Gasteiger partial charge in [-0.3, -0.25) is 9.79 Å². The predicted octanol–water partition coefficient (Wildman–Crippen LogP) is 2.66. The zero-order valence-corrected chi connectivity index (χ0v) is 11.1. The molecule has 0 unspecified atom stereocenters. The molecule has 2 aliphatic heterocycles. The maximum Gasteiger partial charge on any atom is 0.210 e. The van der Waals surface area contributed by atoms with E-state index in [2.05, 4.69) is 16.4 Å². The van der Waals surface area contributed by atoms with Crippen LogP contribution in [0.4, 0.5) is 0 Å². The highest BCUT2D eigenvalue weighted by molar-refractivity contribution is 6.10. The molecule has 0 spiro atoms. The van der Waals surface area contributed by atoms with Crippen LogP contribution in [0.2, 0.25) is 0 Å². The minimum atomic E-state index is -0.208. The second kappa shape index (κ2) is 5.43. The van der Waals surface area contributed by atoms with Crippen LogP contribution in [0.5, 0.6) is 0 Å². The van der Waals surface area contributed by atoms with Gasteiger partial charge in [-0.05, 0) is 18.2 Å². The highest BCUT2D eigenvalue weighted by atomic mass is 16.1. The Kier molecular flexibility index (Phi) is 3.32. The van der Waals surface area contributed by atoms with Gasteiger partial charge in [0.25, 0.3) is 0 Å². The lowest BCUT2D eigenvalue weighted by Gasteiger charge is -2.19. The summed E-state index contributed by atoms with van der Waals surface area (Å²) in [6, 6.07) is 10.9. The summed E-state index contributed by atoms with van der Waals surface area (Å²) in [6.45, 7) is 0. The zero-order chi connectivity index (χ0) is 14.7. The number of hydrogen-bond acceptors (Lipinski definition) is 4. The van der Waals surface area contributed by atoms with E-state index in [-0.39, 0.29) is 17.1 Å². The molecule has 2 heterocycles. The number of Topliss-reactive ketones (excluding diaryl/α,β-unsaturated/α-hetero) is 1. The lowest BCUT2D eigenvalue weighted by atomic mass is 10.00. The summed E-state index contributed by atoms with van der Waals surface area (Å²) in [4.78, 5) is 16.8. The van der Waals surface area contributed by atoms with Crippen LogP contribution in [0.3, 0.4) is 0 Å². The number of carbonyl (C=O) groups excluding carboxylic acids is 1. The molecule has 0 aliphatic carbocycles. The molecule has 1 aromatic carbocycles. The van der Waals surface area contributed by atoms with Crippen molar-refractivity contribution >= 4 is 12.0 Å². The van der Waals surface area contributed by atoms with Crippen LogP contribution in [0.25, 0.3) is 0 Å². The van der Waals surface area contributed by atoms with Gasteiger partial charge in [-0.15, -0.1) is 0 Å². The third-order valence-corrected chi connectivity index (χ3v) is 3.14. The van der Waals surface area contributed by atoms with Crippen molar-refractivity contribution < 1.29 is 4.79 Å². The van der Waals surface area contributed by atoms with E-state index in [1.807, 2.05) is 18.2 Å². The third-order valence-electron chi connectivity index (χ3n) is 3.14. The number of nitrogens with zero attached hydrogens (tertiary/aromatic N) is 2. The summed E-state index contributed by atoms with van der Waals surface area (Å²) in [5, 5.41) is 12.3. The minimum Gasteiger partial charge on any atom is -0.349 e. The van der Waals surface area contributed by atoms with Crippen molar-refractivity contribution in [3.63, 3.8) is 0 Å². The molecule has 0 saturated carbocycles. The van der Waals surface area contributed by atoms with E-state index in [0.717, 1.165) is 0 Å². The second-order valence-corrected chi connectivity index (χ2v) is 4.49. The number of dihydropyridines is 1. The second-order valence-electron chi connectivity index (χ2n) is 4.49. The van der Waals surface area contributed by atoms with Crippen molar-refractivity contribution in [1.82, 2.24) is 5.32 Å². The number of rotatable bonds is 2. The van der Waals surface area contributed by atoms with Crippen LogP contribution in [-0.2, 0) is 0 Å². The fourth-order valence-corrected chi connectivity index (χ4v) is 2.11. The fourth-order valence-electron chi connectivity index (χ4n) is 2.11. The Balaban J connectivity index is 2.07. The van der Waals surface area contributed by atoms with E-state index in [1.165, 1.54) is 0 Å². The Hall–Kier alpha value is -3.19. The Morgan fingerprint density at radius 3 is 2.76 bits per heavy atom. The summed E-state index contributed by atoms with van der Waals surface area (Å²) in [6.07, 6.45) is 8.72. The summed E-state index contributed by atoms with van der Waals surface area (Å²) in [7, 11) is 0. The van der Waals surface area contributed by atoms with Crippen molar-refractivity contribution in [3.05, 3.63) is 82.9 Å². The molecule has 21 heavy (non-hydrogen) atoms. The van der Waals surface area contributed by atoms with Crippen molar-refractivity contribution in [3.8, 4) is 6.07 Å². The average molecular weight is 273 g/mol. The van der Waals surface area contributed by atoms with Gasteiger partial charge >= 0.3 is 0 Å². The van der Waals surface area contributed by atoms with Gasteiger partial charge in [0.1, 0.15) is 11.8 Å². The molecule has 1 N–H and O–H groups in total. The van der Waals surface area contributed by atoms with Crippen LogP contribution >= 0.6 is 0 Å². The highest BCUT2D eigenvalue weighted by Crippen LogP contribution is 2.24. The number of nitrogens with one attached hydrogen (secondary N) is 1. The highest BCUT2D eigenvalue weighted by Gasteiger charge is 2.23. The van der Waals surface area contributed by atoms with E-state index in [4.69, 9.17) is 0 Å². The first-order chi connectivity index (χ1) is 10.3. The maximum atomic E-state index is 12.5. The Bertz CT molecular complexity index is 787. The monoisotopic (exact) mass is 273 g/mol. The molecule has 0 amide bonds. The van der Waals surface area contributed by atoms with E-state index in [9.17, 15) is 10.1 Å². The number of nitriles is 1. The first-order valence-corrected chi connectivity index (χ1v) is 6.44. The third kappa shape index (κ3) is 2.45. The average Bonchev–Trinajstić information content (AvgIpc) is 2.78. The van der Waals surface area contributed by atoms with Crippen LogP contribution < -0.4 is 5.32 Å². The van der Waals surface area contributed by atoms with Crippen molar-refractivity contribution in [2.24, 2.45) is 4.99 Å². The normalized spacial score (nSPS) is 16.1. The molecule has 0 bridgehead atoms. The largest absolute Gasteiger partial charge is 0.349 e. The van der Waals surface area contributed by atoms with Gasteiger partial charge in [0.05, 0.1) is 17.0 Å². The number of carbonyl (C=O) groups is 1. The topological polar surface area (TPSA) is 65.2 Å². The van der Waals surface area contributed by atoms with Gasteiger partial charge in [0.15, 0.2) is 0 Å². The minimum absolute atomic E-state index is 0.208. The zero-order valence-electron chi connectivity index (χ0n) is 11.1. The lowest BCUT2D eigenvalue weighted by molar-refractivity contribution is 0.102. The van der Waals surface area contributed by atoms with Crippen LogP contribution in [0.1, 0.15) is 10.4 Å². The van der Waals surface area contributed by atoms with Gasteiger partial charge in [-0.1, -0.05) is 36.4 Å². The first-order valence-electron chi connectivity index (χ1n) is 6.44. The van der Waals surface area contributed by atoms with Gasteiger partial charge in [0.2, 0.25) is 5.78 Å². The molecule has 2 aliphatic rings. The van der Waals surface area contributed by atoms with Gasteiger partial charge < -0.3 is 5.32 Å². The molecule has 0 fully saturated rings. The van der Waals surface area contributed by atoms with E-state index >= 15 is 0 Å². The molecule has 0 aromatic heterocycles. The maximum absolute atomic E-state index is 12.5. The fraction of sp³-hybridized carbons (Fsp3) is 0. The standard InChI is InChI=1S/C17H11N3O/c18-11-13-10-15-14(8-4-5-9-19-15)20-16(13)17(21)12-6-2-1-3-7-12/h1-10,20H. The van der Waals surface area contributed by atoms with Crippen LogP contribution in [-0.4, -0.2) is 12.0 Å². The lowest BCUT2D eigenvalue weighted by Crippen LogP contribution is -2.25. The molecule has 1 aromatic rings. The number of ketones is 1. The van der Waals surface area contributed by atoms with Crippen molar-refractivity contribution in [2.45, 2.75) is 0 Å². The Labute approximate surface area is 122 Å². The molecular formula is C17H11N3O. The Morgan fingerprint density at radius 1 is 1.19 bits per heavy atom. The predicted molar refractivity (Wildman–Crippen MR) is 80.3 cm³/mol. The van der Waals surface area contributed by atoms with E-state index in [1.54, 1.807) is 42.6 Å². The van der Waals surface area contributed by atoms with E-state index in [0.29, 0.717) is 17.0 Å².